The average Bonchev–Trinajstić information content (AvgIpc) is 2.96. The van der Waals surface area contributed by atoms with Gasteiger partial charge in [0.05, 0.1) is 19.8 Å². The van der Waals surface area contributed by atoms with E-state index in [1.54, 1.807) is 44.6 Å². The van der Waals surface area contributed by atoms with Gasteiger partial charge < -0.3 is 24.4 Å². The van der Waals surface area contributed by atoms with Gasteiger partial charge in [-0.1, -0.05) is 18.2 Å². The van der Waals surface area contributed by atoms with Gasteiger partial charge in [-0.15, -0.1) is 0 Å². The molecule has 6 nitrogen and oxygen atoms in total. The van der Waals surface area contributed by atoms with Crippen LogP contribution in [-0.4, -0.2) is 44.7 Å². The van der Waals surface area contributed by atoms with Gasteiger partial charge >= 0.3 is 6.18 Å². The molecule has 0 aliphatic rings. The average molecular weight is 567 g/mol. The highest BCUT2D eigenvalue weighted by Crippen LogP contribution is 2.34. The molecule has 4 aromatic carbocycles. The minimum atomic E-state index is -4.41. The Labute approximate surface area is 237 Å². The van der Waals surface area contributed by atoms with Crippen molar-refractivity contribution in [3.05, 3.63) is 95.6 Å². The SMILES string of the molecule is COc1ccc(CN(C)CC[C@@H](C)NC(=O)c2ccc3c(Oc4ccc(C(F)(F)F)cc4)cccc3c2)c(OC)c1. The van der Waals surface area contributed by atoms with Gasteiger partial charge in [0, 0.05) is 41.7 Å². The van der Waals surface area contributed by atoms with Crippen LogP contribution < -0.4 is 19.5 Å². The van der Waals surface area contributed by atoms with Crippen LogP contribution in [0, 0.1) is 0 Å². The number of carbonyl (C=O) groups excluding carboxylic acids is 1. The number of amides is 1. The van der Waals surface area contributed by atoms with Crippen LogP contribution in [0.3, 0.4) is 0 Å². The first-order valence-electron chi connectivity index (χ1n) is 13.2. The van der Waals surface area contributed by atoms with Gasteiger partial charge in [0.2, 0.25) is 0 Å². The van der Waals surface area contributed by atoms with Gasteiger partial charge in [0.1, 0.15) is 23.0 Å². The van der Waals surface area contributed by atoms with Gasteiger partial charge in [-0.3, -0.25) is 4.79 Å². The number of benzene rings is 4. The van der Waals surface area contributed by atoms with Crippen molar-refractivity contribution >= 4 is 16.7 Å². The van der Waals surface area contributed by atoms with E-state index in [0.29, 0.717) is 17.9 Å². The molecular weight excluding hydrogens is 533 g/mol. The number of nitrogens with one attached hydrogen (secondary N) is 1. The summed E-state index contributed by atoms with van der Waals surface area (Å²) in [6, 6.07) is 20.9. The molecule has 4 rings (SSSR count). The lowest BCUT2D eigenvalue weighted by molar-refractivity contribution is -0.137. The third kappa shape index (κ3) is 7.70. The fraction of sp³-hybridized carbons (Fsp3) is 0.281. The molecule has 0 radical (unpaired) electrons. The van der Waals surface area contributed by atoms with Crippen LogP contribution in [0.4, 0.5) is 13.2 Å². The zero-order valence-electron chi connectivity index (χ0n) is 23.4. The maximum absolute atomic E-state index is 13.0. The number of carbonyl (C=O) groups is 1. The van der Waals surface area contributed by atoms with E-state index < -0.39 is 11.7 Å². The number of hydrogen-bond donors (Lipinski definition) is 1. The molecule has 9 heteroatoms. The molecule has 4 aromatic rings. The molecule has 0 spiro atoms. The monoisotopic (exact) mass is 566 g/mol. The van der Waals surface area contributed by atoms with E-state index in [4.69, 9.17) is 14.2 Å². The van der Waals surface area contributed by atoms with Crippen molar-refractivity contribution in [1.82, 2.24) is 10.2 Å². The Kier molecular flexibility index (Phi) is 9.39. The molecule has 1 N–H and O–H groups in total. The fourth-order valence-electron chi connectivity index (χ4n) is 4.47. The lowest BCUT2D eigenvalue weighted by Gasteiger charge is -2.21. The molecular formula is C32H33F3N2O4. The van der Waals surface area contributed by atoms with Crippen molar-refractivity contribution in [1.29, 1.82) is 0 Å². The Balaban J connectivity index is 1.35. The molecule has 41 heavy (non-hydrogen) atoms. The highest BCUT2D eigenvalue weighted by atomic mass is 19.4. The Hall–Kier alpha value is -4.24. The summed E-state index contributed by atoms with van der Waals surface area (Å²) >= 11 is 0. The molecule has 0 saturated carbocycles. The molecule has 0 bridgehead atoms. The van der Waals surface area contributed by atoms with Gasteiger partial charge in [-0.2, -0.15) is 13.2 Å². The first-order chi connectivity index (χ1) is 19.6. The molecule has 0 fully saturated rings. The minimum Gasteiger partial charge on any atom is -0.497 e. The van der Waals surface area contributed by atoms with Gasteiger partial charge in [0.15, 0.2) is 0 Å². The Bertz CT molecular complexity index is 1490. The smallest absolute Gasteiger partial charge is 0.416 e. The number of hydrogen-bond acceptors (Lipinski definition) is 5. The molecule has 0 aromatic heterocycles. The molecule has 0 aliphatic heterocycles. The zero-order chi connectivity index (χ0) is 29.6. The molecule has 0 saturated heterocycles. The molecule has 1 atom stereocenters. The summed E-state index contributed by atoms with van der Waals surface area (Å²) in [5.74, 6) is 2.09. The van der Waals surface area contributed by atoms with Crippen LogP contribution in [0.5, 0.6) is 23.0 Å². The third-order valence-corrected chi connectivity index (χ3v) is 6.77. The summed E-state index contributed by atoms with van der Waals surface area (Å²) in [6.07, 6.45) is -3.66. The standard InChI is InChI=1S/C32H33F3N2O4/c1-21(16-17-37(2)20-24-8-12-27(39-3)19-30(24)40-4)36-31(38)23-9-15-28-22(18-23)6-5-7-29(28)41-26-13-10-25(11-14-26)32(33,34)35/h5-15,18-19,21H,16-17,20H2,1-4H3,(H,36,38)/t21-/m1/s1. The van der Waals surface area contributed by atoms with Crippen molar-refractivity contribution < 1.29 is 32.2 Å². The van der Waals surface area contributed by atoms with E-state index >= 15 is 0 Å². The number of fused-ring (bicyclic) bond motifs is 1. The summed E-state index contributed by atoms with van der Waals surface area (Å²) in [5, 5.41) is 4.58. The van der Waals surface area contributed by atoms with Crippen molar-refractivity contribution in [3.63, 3.8) is 0 Å². The van der Waals surface area contributed by atoms with Crippen LogP contribution >= 0.6 is 0 Å². The largest absolute Gasteiger partial charge is 0.497 e. The predicted octanol–water partition coefficient (Wildman–Crippen LogP) is 7.31. The lowest BCUT2D eigenvalue weighted by Crippen LogP contribution is -2.35. The molecule has 0 unspecified atom stereocenters. The first-order valence-corrected chi connectivity index (χ1v) is 13.2. The van der Waals surface area contributed by atoms with Crippen LogP contribution in [-0.2, 0) is 12.7 Å². The van der Waals surface area contributed by atoms with Crippen LogP contribution in [0.15, 0.2) is 78.9 Å². The van der Waals surface area contributed by atoms with E-state index in [9.17, 15) is 18.0 Å². The fourth-order valence-corrected chi connectivity index (χ4v) is 4.47. The van der Waals surface area contributed by atoms with Crippen molar-refractivity contribution in [2.45, 2.75) is 32.1 Å². The lowest BCUT2D eigenvalue weighted by atomic mass is 10.1. The molecule has 0 heterocycles. The van der Waals surface area contributed by atoms with Gasteiger partial charge in [-0.25, -0.2) is 0 Å². The minimum absolute atomic E-state index is 0.0623. The van der Waals surface area contributed by atoms with Crippen molar-refractivity contribution in [2.75, 3.05) is 27.8 Å². The number of halogens is 3. The van der Waals surface area contributed by atoms with E-state index in [2.05, 4.69) is 10.2 Å². The number of methoxy groups -OCH3 is 2. The third-order valence-electron chi connectivity index (χ3n) is 6.77. The Morgan fingerprint density at radius 1 is 0.902 bits per heavy atom. The first kappa shape index (κ1) is 29.7. The molecule has 0 aliphatic carbocycles. The molecule has 216 valence electrons. The second-order valence-electron chi connectivity index (χ2n) is 9.90. The predicted molar refractivity (Wildman–Crippen MR) is 153 cm³/mol. The van der Waals surface area contributed by atoms with Crippen LogP contribution in [0.2, 0.25) is 0 Å². The summed E-state index contributed by atoms with van der Waals surface area (Å²) in [5.41, 5.74) is 0.814. The topological polar surface area (TPSA) is 60.0 Å². The van der Waals surface area contributed by atoms with E-state index in [1.165, 1.54) is 12.1 Å². The van der Waals surface area contributed by atoms with Gasteiger partial charge in [0.25, 0.3) is 5.91 Å². The quantitative estimate of drug-likeness (QED) is 0.206. The highest BCUT2D eigenvalue weighted by Gasteiger charge is 2.30. The van der Waals surface area contributed by atoms with E-state index in [-0.39, 0.29) is 17.7 Å². The van der Waals surface area contributed by atoms with E-state index in [1.807, 2.05) is 38.2 Å². The second-order valence-corrected chi connectivity index (χ2v) is 9.90. The normalized spacial score (nSPS) is 12.3. The summed E-state index contributed by atoms with van der Waals surface area (Å²) < 4.78 is 55.2. The van der Waals surface area contributed by atoms with E-state index in [0.717, 1.165) is 52.9 Å². The highest BCUT2D eigenvalue weighted by molar-refractivity contribution is 6.00. The maximum atomic E-state index is 13.0. The zero-order valence-corrected chi connectivity index (χ0v) is 23.4. The Morgan fingerprint density at radius 2 is 1.63 bits per heavy atom. The number of alkyl halides is 3. The van der Waals surface area contributed by atoms with Crippen molar-refractivity contribution in [2.24, 2.45) is 0 Å². The summed E-state index contributed by atoms with van der Waals surface area (Å²) in [6.45, 7) is 3.42. The maximum Gasteiger partial charge on any atom is 0.416 e. The summed E-state index contributed by atoms with van der Waals surface area (Å²) in [7, 11) is 5.27. The number of nitrogens with zero attached hydrogens (tertiary/aromatic N) is 1. The summed E-state index contributed by atoms with van der Waals surface area (Å²) in [4.78, 5) is 15.2. The molecule has 1 amide bonds. The van der Waals surface area contributed by atoms with Crippen molar-refractivity contribution in [3.8, 4) is 23.0 Å². The number of rotatable bonds is 11. The Morgan fingerprint density at radius 3 is 2.32 bits per heavy atom. The van der Waals surface area contributed by atoms with Crippen LogP contribution in [0.1, 0.15) is 34.8 Å². The number of ether oxygens (including phenoxy) is 3. The van der Waals surface area contributed by atoms with Gasteiger partial charge in [-0.05, 0) is 80.4 Å². The van der Waals surface area contributed by atoms with Crippen LogP contribution in [0.25, 0.3) is 10.8 Å². The second kappa shape index (κ2) is 13.0.